The highest BCUT2D eigenvalue weighted by molar-refractivity contribution is 6.14. The van der Waals surface area contributed by atoms with Crippen LogP contribution in [0.15, 0.2) is 205 Å². The Morgan fingerprint density at radius 3 is 1.65 bits per heavy atom. The minimum atomic E-state index is 0.892. The number of para-hydroxylation sites is 2. The Balaban J connectivity index is 1.18. The van der Waals surface area contributed by atoms with Gasteiger partial charge >= 0.3 is 0 Å². The summed E-state index contributed by atoms with van der Waals surface area (Å²) in [5, 5.41) is 7.09. The summed E-state index contributed by atoms with van der Waals surface area (Å²) in [4.78, 5) is 2.39. The second-order valence-electron chi connectivity index (χ2n) is 13.4. The summed E-state index contributed by atoms with van der Waals surface area (Å²) in [6, 6.07) is 71.7. The number of nitrogens with zero attached hydrogens (tertiary/aromatic N) is 1. The van der Waals surface area contributed by atoms with E-state index in [0.29, 0.717) is 0 Å². The summed E-state index contributed by atoms with van der Waals surface area (Å²) in [5.41, 5.74) is 11.9. The fourth-order valence-electron chi connectivity index (χ4n) is 7.67. The van der Waals surface area contributed by atoms with Gasteiger partial charge < -0.3 is 9.32 Å². The van der Waals surface area contributed by atoms with Gasteiger partial charge in [-0.1, -0.05) is 152 Å². The fraction of sp³-hybridized carbons (Fsp3) is 0. The topological polar surface area (TPSA) is 16.4 Å². The van der Waals surface area contributed by atoms with Gasteiger partial charge in [-0.3, -0.25) is 0 Å². The molecule has 0 saturated heterocycles. The van der Waals surface area contributed by atoms with Crippen molar-refractivity contribution in [2.24, 2.45) is 0 Å². The molecule has 0 aliphatic carbocycles. The first-order valence-corrected chi connectivity index (χ1v) is 17.8. The first-order chi connectivity index (χ1) is 25.8. The number of anilines is 3. The van der Waals surface area contributed by atoms with Crippen molar-refractivity contribution in [1.29, 1.82) is 0 Å². The molecule has 1 aromatic heterocycles. The quantitative estimate of drug-likeness (QED) is 0.176. The fourth-order valence-corrected chi connectivity index (χ4v) is 7.67. The molecule has 0 amide bonds. The molecule has 0 bridgehead atoms. The predicted molar refractivity (Wildman–Crippen MR) is 220 cm³/mol. The Bertz CT molecular complexity index is 2920. The van der Waals surface area contributed by atoms with E-state index in [-0.39, 0.29) is 0 Å². The molecule has 0 unspecified atom stereocenters. The van der Waals surface area contributed by atoms with Gasteiger partial charge in [-0.2, -0.15) is 0 Å². The Morgan fingerprint density at radius 1 is 0.327 bits per heavy atom. The molecule has 2 nitrogen and oxygen atoms in total. The van der Waals surface area contributed by atoms with Crippen molar-refractivity contribution in [3.05, 3.63) is 200 Å². The maximum atomic E-state index is 6.76. The van der Waals surface area contributed by atoms with Crippen molar-refractivity contribution in [2.75, 3.05) is 4.90 Å². The molecule has 0 aliphatic rings. The maximum absolute atomic E-state index is 6.76. The highest BCUT2D eigenvalue weighted by Crippen LogP contribution is 2.45. The molecule has 10 aromatic rings. The molecule has 9 aromatic carbocycles. The third-order valence-electron chi connectivity index (χ3n) is 10.2. The molecule has 0 atom stereocenters. The number of benzene rings is 9. The van der Waals surface area contributed by atoms with E-state index in [4.69, 9.17) is 4.42 Å². The summed E-state index contributed by atoms with van der Waals surface area (Å²) >= 11 is 0. The van der Waals surface area contributed by atoms with E-state index in [1.807, 2.05) is 0 Å². The monoisotopic (exact) mass is 663 g/mol. The van der Waals surface area contributed by atoms with Gasteiger partial charge in [0.1, 0.15) is 11.2 Å². The molecule has 0 spiro atoms. The second-order valence-corrected chi connectivity index (χ2v) is 13.4. The van der Waals surface area contributed by atoms with Crippen molar-refractivity contribution in [1.82, 2.24) is 0 Å². The molecule has 0 saturated carbocycles. The number of hydrogen-bond acceptors (Lipinski definition) is 2. The lowest BCUT2D eigenvalue weighted by Crippen LogP contribution is -2.11. The number of hydrogen-bond donors (Lipinski definition) is 0. The van der Waals surface area contributed by atoms with Crippen molar-refractivity contribution in [3.8, 4) is 33.4 Å². The zero-order chi connectivity index (χ0) is 34.4. The normalized spacial score (nSPS) is 11.5. The van der Waals surface area contributed by atoms with Crippen LogP contribution in [0.2, 0.25) is 0 Å². The Labute approximate surface area is 302 Å². The van der Waals surface area contributed by atoms with Crippen LogP contribution in [0.5, 0.6) is 0 Å². The van der Waals surface area contributed by atoms with Crippen LogP contribution >= 0.6 is 0 Å². The average Bonchev–Trinajstić information content (AvgIpc) is 3.58. The molecular formula is C50H33NO. The van der Waals surface area contributed by atoms with E-state index in [1.54, 1.807) is 0 Å². The van der Waals surface area contributed by atoms with Crippen LogP contribution in [0.1, 0.15) is 0 Å². The smallest absolute Gasteiger partial charge is 0.143 e. The lowest BCUT2D eigenvalue weighted by atomic mass is 9.97. The summed E-state index contributed by atoms with van der Waals surface area (Å²) in [6.45, 7) is 0. The van der Waals surface area contributed by atoms with E-state index in [1.165, 1.54) is 32.7 Å². The predicted octanol–water partition coefficient (Wildman–Crippen LogP) is 14.4. The lowest BCUT2D eigenvalue weighted by molar-refractivity contribution is 0.670. The Hall–Kier alpha value is -6.90. The van der Waals surface area contributed by atoms with Crippen molar-refractivity contribution in [3.63, 3.8) is 0 Å². The van der Waals surface area contributed by atoms with Crippen molar-refractivity contribution in [2.45, 2.75) is 0 Å². The third kappa shape index (κ3) is 5.21. The van der Waals surface area contributed by atoms with E-state index < -0.39 is 0 Å². The highest BCUT2D eigenvalue weighted by atomic mass is 16.3. The molecule has 0 N–H and O–H groups in total. The highest BCUT2D eigenvalue weighted by Gasteiger charge is 2.21. The van der Waals surface area contributed by atoms with Crippen molar-refractivity contribution < 1.29 is 4.42 Å². The molecule has 0 aliphatic heterocycles. The number of fused-ring (bicyclic) bond motifs is 5. The molecular weight excluding hydrogens is 631 g/mol. The molecule has 0 radical (unpaired) electrons. The minimum absolute atomic E-state index is 0.892. The second kappa shape index (κ2) is 12.5. The van der Waals surface area contributed by atoms with Crippen LogP contribution < -0.4 is 4.90 Å². The SMILES string of the molecule is c1ccc(-c2cccc(N(c3cccc(-c4ccc5ccccc5c4)c3)c3ccccc3-c3cccc4c3oc3cc5ccccc5cc34)c2)cc1. The number of rotatable bonds is 6. The van der Waals surface area contributed by atoms with Crippen LogP contribution in [-0.2, 0) is 0 Å². The van der Waals surface area contributed by atoms with Gasteiger partial charge in [0, 0.05) is 33.3 Å². The van der Waals surface area contributed by atoms with Crippen LogP contribution in [0.3, 0.4) is 0 Å². The number of furan rings is 1. The van der Waals surface area contributed by atoms with E-state index in [0.717, 1.165) is 61.3 Å². The van der Waals surface area contributed by atoms with Gasteiger partial charge in [0.05, 0.1) is 5.69 Å². The average molecular weight is 664 g/mol. The largest absolute Gasteiger partial charge is 0.455 e. The molecule has 2 heteroatoms. The summed E-state index contributed by atoms with van der Waals surface area (Å²) < 4.78 is 6.76. The molecule has 10 rings (SSSR count). The van der Waals surface area contributed by atoms with Crippen LogP contribution in [0.25, 0.3) is 76.9 Å². The molecule has 0 fully saturated rings. The van der Waals surface area contributed by atoms with Crippen LogP contribution in [-0.4, -0.2) is 0 Å². The summed E-state index contributed by atoms with van der Waals surface area (Å²) in [5.74, 6) is 0. The summed E-state index contributed by atoms with van der Waals surface area (Å²) in [7, 11) is 0. The van der Waals surface area contributed by atoms with E-state index in [2.05, 4.69) is 205 Å². The first-order valence-electron chi connectivity index (χ1n) is 17.8. The van der Waals surface area contributed by atoms with E-state index in [9.17, 15) is 0 Å². The van der Waals surface area contributed by atoms with Gasteiger partial charge in [0.25, 0.3) is 0 Å². The third-order valence-corrected chi connectivity index (χ3v) is 10.2. The molecule has 244 valence electrons. The standard InChI is InChI=1S/C50H33NO/c1-2-13-34(14-3-1)37-19-10-21-42(30-37)51(43-22-11-20-38(31-43)41-28-27-35-15-4-5-16-36(35)29-41)48-26-9-8-23-44(48)45-24-12-25-46-47-32-39-17-6-7-18-40(39)33-49(47)52-50(45)46/h1-33H. The Morgan fingerprint density at radius 2 is 0.885 bits per heavy atom. The van der Waals surface area contributed by atoms with Gasteiger partial charge in [0.2, 0.25) is 0 Å². The minimum Gasteiger partial charge on any atom is -0.455 e. The first kappa shape index (κ1) is 30.0. The van der Waals surface area contributed by atoms with Crippen LogP contribution in [0.4, 0.5) is 17.1 Å². The van der Waals surface area contributed by atoms with Gasteiger partial charge in [0.15, 0.2) is 0 Å². The van der Waals surface area contributed by atoms with E-state index >= 15 is 0 Å². The van der Waals surface area contributed by atoms with Gasteiger partial charge in [-0.15, -0.1) is 0 Å². The zero-order valence-corrected chi connectivity index (χ0v) is 28.4. The Kier molecular flexibility index (Phi) is 7.18. The lowest BCUT2D eigenvalue weighted by Gasteiger charge is -2.29. The summed E-state index contributed by atoms with van der Waals surface area (Å²) in [6.07, 6.45) is 0. The molecule has 52 heavy (non-hydrogen) atoms. The van der Waals surface area contributed by atoms with Crippen molar-refractivity contribution >= 4 is 60.5 Å². The van der Waals surface area contributed by atoms with Gasteiger partial charge in [-0.25, -0.2) is 0 Å². The van der Waals surface area contributed by atoms with Gasteiger partial charge in [-0.05, 0) is 92.3 Å². The van der Waals surface area contributed by atoms with Crippen LogP contribution in [0, 0.1) is 0 Å². The maximum Gasteiger partial charge on any atom is 0.143 e. The zero-order valence-electron chi connectivity index (χ0n) is 28.4. The molecule has 1 heterocycles.